The van der Waals surface area contributed by atoms with Crippen molar-refractivity contribution in [3.05, 3.63) is 47.0 Å². The highest BCUT2D eigenvalue weighted by Gasteiger charge is 2.21. The molecule has 1 aliphatic carbocycles. The predicted octanol–water partition coefficient (Wildman–Crippen LogP) is 2.88. The van der Waals surface area contributed by atoms with Gasteiger partial charge in [0.05, 0.1) is 7.11 Å². The van der Waals surface area contributed by atoms with E-state index < -0.39 is 0 Å². The Hall–Kier alpha value is -1.57. The zero-order valence-corrected chi connectivity index (χ0v) is 9.53. The summed E-state index contributed by atoms with van der Waals surface area (Å²) in [5.74, 6) is -0.150. The molecule has 1 aromatic carbocycles. The van der Waals surface area contributed by atoms with E-state index in [-0.39, 0.29) is 5.97 Å². The van der Waals surface area contributed by atoms with Gasteiger partial charge < -0.3 is 4.74 Å². The number of hydrogen-bond donors (Lipinski definition) is 0. The summed E-state index contributed by atoms with van der Waals surface area (Å²) >= 11 is 0. The lowest BCUT2D eigenvalue weighted by Crippen LogP contribution is -2.05. The van der Waals surface area contributed by atoms with E-state index in [2.05, 4.69) is 12.1 Å². The molecule has 0 saturated carbocycles. The van der Waals surface area contributed by atoms with Gasteiger partial charge in [0.2, 0.25) is 0 Å². The summed E-state index contributed by atoms with van der Waals surface area (Å²) < 4.78 is 4.81. The summed E-state index contributed by atoms with van der Waals surface area (Å²) in [7, 11) is 1.45. The van der Waals surface area contributed by atoms with Gasteiger partial charge in [-0.25, -0.2) is 4.79 Å². The maximum Gasteiger partial charge on any atom is 0.333 e. The summed E-state index contributed by atoms with van der Waals surface area (Å²) in [6, 6.07) is 10.3. The largest absolute Gasteiger partial charge is 0.466 e. The van der Waals surface area contributed by atoms with E-state index in [0.29, 0.717) is 0 Å². The molecule has 2 rings (SSSR count). The van der Waals surface area contributed by atoms with E-state index >= 15 is 0 Å². The minimum absolute atomic E-state index is 0.150. The summed E-state index contributed by atoms with van der Waals surface area (Å²) in [5, 5.41) is 0. The molecule has 0 saturated heterocycles. The van der Waals surface area contributed by atoms with Crippen molar-refractivity contribution in [1.82, 2.24) is 0 Å². The second-order valence-electron chi connectivity index (χ2n) is 4.09. The van der Waals surface area contributed by atoms with E-state index in [1.165, 1.54) is 18.2 Å². The number of hydrogen-bond acceptors (Lipinski definition) is 2. The Morgan fingerprint density at radius 3 is 2.69 bits per heavy atom. The van der Waals surface area contributed by atoms with E-state index in [1.54, 1.807) is 0 Å². The summed E-state index contributed by atoms with van der Waals surface area (Å²) in [5.41, 5.74) is 3.41. The monoisotopic (exact) mass is 216 g/mol. The molecular weight excluding hydrogens is 200 g/mol. The molecule has 0 atom stereocenters. The fraction of sp³-hybridized carbons (Fsp3) is 0.357. The molecule has 2 nitrogen and oxygen atoms in total. The van der Waals surface area contributed by atoms with Crippen molar-refractivity contribution >= 4 is 5.97 Å². The summed E-state index contributed by atoms with van der Waals surface area (Å²) in [4.78, 5) is 11.5. The van der Waals surface area contributed by atoms with Gasteiger partial charge in [-0.2, -0.15) is 0 Å². The Morgan fingerprint density at radius 2 is 2.00 bits per heavy atom. The van der Waals surface area contributed by atoms with Crippen molar-refractivity contribution < 1.29 is 9.53 Å². The molecule has 1 aliphatic rings. The Morgan fingerprint density at radius 1 is 1.25 bits per heavy atom. The van der Waals surface area contributed by atoms with Crippen LogP contribution in [-0.2, 0) is 16.0 Å². The number of esters is 1. The standard InChI is InChI=1S/C14H16O2/c1-16-14(15)13-9-5-8-12(13)10-11-6-3-2-4-7-11/h2-4,6-7H,5,8-10H2,1H3. The van der Waals surface area contributed by atoms with Gasteiger partial charge in [0.15, 0.2) is 0 Å². The number of allylic oxidation sites excluding steroid dienone is 1. The van der Waals surface area contributed by atoms with Gasteiger partial charge in [-0.3, -0.25) is 0 Å². The highest BCUT2D eigenvalue weighted by atomic mass is 16.5. The molecule has 1 aromatic rings. The smallest absolute Gasteiger partial charge is 0.333 e. The number of methoxy groups -OCH3 is 1. The van der Waals surface area contributed by atoms with Gasteiger partial charge in [-0.05, 0) is 31.2 Å². The third-order valence-corrected chi connectivity index (χ3v) is 3.02. The second kappa shape index (κ2) is 4.97. The van der Waals surface area contributed by atoms with Crippen LogP contribution >= 0.6 is 0 Å². The lowest BCUT2D eigenvalue weighted by molar-refractivity contribution is -0.136. The molecular formula is C14H16O2. The van der Waals surface area contributed by atoms with Gasteiger partial charge >= 0.3 is 5.97 Å². The summed E-state index contributed by atoms with van der Waals surface area (Å²) in [6.45, 7) is 0. The first-order valence-electron chi connectivity index (χ1n) is 5.64. The molecule has 0 unspecified atom stereocenters. The van der Waals surface area contributed by atoms with Gasteiger partial charge in [-0.15, -0.1) is 0 Å². The number of ether oxygens (including phenoxy) is 1. The van der Waals surface area contributed by atoms with Crippen LogP contribution < -0.4 is 0 Å². The zero-order valence-electron chi connectivity index (χ0n) is 9.53. The summed E-state index contributed by atoms with van der Waals surface area (Å²) in [6.07, 6.45) is 3.85. The lowest BCUT2D eigenvalue weighted by Gasteiger charge is -2.05. The van der Waals surface area contributed by atoms with Crippen LogP contribution in [0.1, 0.15) is 24.8 Å². The number of carbonyl (C=O) groups is 1. The molecule has 0 fully saturated rings. The molecule has 0 spiro atoms. The van der Waals surface area contributed by atoms with Gasteiger partial charge in [-0.1, -0.05) is 35.9 Å². The SMILES string of the molecule is COC(=O)C1=C(Cc2ccccc2)CCC1. The molecule has 2 heteroatoms. The first kappa shape index (κ1) is 10.9. The van der Waals surface area contributed by atoms with Crippen LogP contribution in [0.15, 0.2) is 41.5 Å². The molecule has 0 radical (unpaired) electrons. The van der Waals surface area contributed by atoms with Crippen LogP contribution in [0, 0.1) is 0 Å². The predicted molar refractivity (Wildman–Crippen MR) is 63.0 cm³/mol. The quantitative estimate of drug-likeness (QED) is 0.726. The van der Waals surface area contributed by atoms with E-state index in [9.17, 15) is 4.79 Å². The first-order valence-corrected chi connectivity index (χ1v) is 5.64. The van der Waals surface area contributed by atoms with Crippen LogP contribution in [0.3, 0.4) is 0 Å². The number of carbonyl (C=O) groups excluding carboxylic acids is 1. The highest BCUT2D eigenvalue weighted by molar-refractivity contribution is 5.89. The second-order valence-corrected chi connectivity index (χ2v) is 4.09. The van der Waals surface area contributed by atoms with E-state index in [4.69, 9.17) is 4.74 Å². The Kier molecular flexibility index (Phi) is 3.40. The van der Waals surface area contributed by atoms with Crippen LogP contribution in [0.5, 0.6) is 0 Å². The van der Waals surface area contributed by atoms with Crippen LogP contribution in [0.25, 0.3) is 0 Å². The number of benzene rings is 1. The van der Waals surface area contributed by atoms with Crippen LogP contribution in [0.4, 0.5) is 0 Å². The highest BCUT2D eigenvalue weighted by Crippen LogP contribution is 2.29. The fourth-order valence-corrected chi connectivity index (χ4v) is 2.21. The van der Waals surface area contributed by atoms with Crippen molar-refractivity contribution in [3.8, 4) is 0 Å². The average molecular weight is 216 g/mol. The molecule has 0 N–H and O–H groups in total. The van der Waals surface area contributed by atoms with Gasteiger partial charge in [0.25, 0.3) is 0 Å². The van der Waals surface area contributed by atoms with Crippen LogP contribution in [0.2, 0.25) is 0 Å². The molecule has 0 bridgehead atoms. The van der Waals surface area contributed by atoms with Crippen molar-refractivity contribution in [1.29, 1.82) is 0 Å². The molecule has 0 aliphatic heterocycles. The normalized spacial score (nSPS) is 15.3. The minimum Gasteiger partial charge on any atom is -0.466 e. The molecule has 0 amide bonds. The minimum atomic E-state index is -0.150. The maximum absolute atomic E-state index is 11.5. The third-order valence-electron chi connectivity index (χ3n) is 3.02. The van der Waals surface area contributed by atoms with Crippen molar-refractivity contribution in [3.63, 3.8) is 0 Å². The van der Waals surface area contributed by atoms with E-state index in [0.717, 1.165) is 31.3 Å². The zero-order chi connectivity index (χ0) is 11.4. The van der Waals surface area contributed by atoms with Gasteiger partial charge in [0, 0.05) is 5.57 Å². The molecule has 16 heavy (non-hydrogen) atoms. The number of rotatable bonds is 3. The van der Waals surface area contributed by atoms with Crippen molar-refractivity contribution in [2.24, 2.45) is 0 Å². The fourth-order valence-electron chi connectivity index (χ4n) is 2.21. The lowest BCUT2D eigenvalue weighted by atomic mass is 10.0. The topological polar surface area (TPSA) is 26.3 Å². The Labute approximate surface area is 95.9 Å². The molecule has 0 aromatic heterocycles. The molecule has 84 valence electrons. The Balaban J connectivity index is 2.17. The molecule has 0 heterocycles. The van der Waals surface area contributed by atoms with E-state index in [1.807, 2.05) is 18.2 Å². The third kappa shape index (κ3) is 2.32. The first-order chi connectivity index (χ1) is 7.81. The van der Waals surface area contributed by atoms with Crippen LogP contribution in [-0.4, -0.2) is 13.1 Å². The van der Waals surface area contributed by atoms with Gasteiger partial charge in [0.1, 0.15) is 0 Å². The van der Waals surface area contributed by atoms with Crippen molar-refractivity contribution in [2.45, 2.75) is 25.7 Å². The van der Waals surface area contributed by atoms with Crippen molar-refractivity contribution in [2.75, 3.05) is 7.11 Å². The average Bonchev–Trinajstić information content (AvgIpc) is 2.77. The maximum atomic E-state index is 11.5. The Bertz CT molecular complexity index is 404.